The highest BCUT2D eigenvalue weighted by atomic mass is 79.9. The van der Waals surface area contributed by atoms with Crippen molar-refractivity contribution in [1.82, 2.24) is 0 Å². The van der Waals surface area contributed by atoms with Crippen molar-refractivity contribution in [1.29, 1.82) is 0 Å². The van der Waals surface area contributed by atoms with Gasteiger partial charge in [-0.15, -0.1) is 12.4 Å². The van der Waals surface area contributed by atoms with E-state index in [1.54, 1.807) is 0 Å². The van der Waals surface area contributed by atoms with Crippen LogP contribution in [0.25, 0.3) is 0 Å². The van der Waals surface area contributed by atoms with Gasteiger partial charge in [0.2, 0.25) is 0 Å². The molecule has 0 atom stereocenters. The van der Waals surface area contributed by atoms with Gasteiger partial charge in [0.25, 0.3) is 0 Å². The molecule has 1 aromatic rings. The summed E-state index contributed by atoms with van der Waals surface area (Å²) in [7, 11) is 0. The van der Waals surface area contributed by atoms with Crippen LogP contribution in [0, 0.1) is 0 Å². The summed E-state index contributed by atoms with van der Waals surface area (Å²) in [6, 6.07) is 3.70. The lowest BCUT2D eigenvalue weighted by molar-refractivity contribution is -0.138. The summed E-state index contributed by atoms with van der Waals surface area (Å²) in [6.45, 7) is 0.455. The van der Waals surface area contributed by atoms with E-state index in [2.05, 4.69) is 15.9 Å². The Bertz CT molecular complexity index is 346. The quantitative estimate of drug-likeness (QED) is 0.928. The first kappa shape index (κ1) is 15.5. The largest absolute Gasteiger partial charge is 0.492 e. The van der Waals surface area contributed by atoms with Gasteiger partial charge in [0, 0.05) is 11.0 Å². The van der Waals surface area contributed by atoms with Crippen molar-refractivity contribution in [2.45, 2.75) is 6.18 Å². The molecule has 92 valence electrons. The minimum Gasteiger partial charge on any atom is -0.492 e. The van der Waals surface area contributed by atoms with E-state index >= 15 is 0 Å². The predicted octanol–water partition coefficient (Wildman–Crippen LogP) is 3.23. The molecule has 2 N–H and O–H groups in total. The van der Waals surface area contributed by atoms with Crippen molar-refractivity contribution in [2.24, 2.45) is 5.73 Å². The van der Waals surface area contributed by atoms with E-state index in [1.807, 2.05) is 0 Å². The Morgan fingerprint density at radius 3 is 2.44 bits per heavy atom. The Morgan fingerprint density at radius 2 is 1.94 bits per heavy atom. The second kappa shape index (κ2) is 6.32. The molecule has 2 nitrogen and oxygen atoms in total. The summed E-state index contributed by atoms with van der Waals surface area (Å²) in [4.78, 5) is 0. The Labute approximate surface area is 105 Å². The van der Waals surface area contributed by atoms with Crippen LogP contribution in [0.15, 0.2) is 22.7 Å². The van der Waals surface area contributed by atoms with Crippen LogP contribution in [0.2, 0.25) is 0 Å². The van der Waals surface area contributed by atoms with Gasteiger partial charge in [-0.1, -0.05) is 15.9 Å². The van der Waals surface area contributed by atoms with Gasteiger partial charge in [0.15, 0.2) is 0 Å². The highest BCUT2D eigenvalue weighted by molar-refractivity contribution is 9.10. The maximum atomic E-state index is 12.4. The third-order valence-electron chi connectivity index (χ3n) is 1.63. The predicted molar refractivity (Wildman–Crippen MR) is 60.9 cm³/mol. The number of ether oxygens (including phenoxy) is 1. The van der Waals surface area contributed by atoms with Crippen molar-refractivity contribution in [3.63, 3.8) is 0 Å². The summed E-state index contributed by atoms with van der Waals surface area (Å²) in [5.74, 6) is 0.163. The van der Waals surface area contributed by atoms with Crippen molar-refractivity contribution < 1.29 is 17.9 Å². The van der Waals surface area contributed by atoms with Crippen molar-refractivity contribution >= 4 is 28.3 Å². The molecule has 0 aliphatic rings. The van der Waals surface area contributed by atoms with Crippen LogP contribution in [0.3, 0.4) is 0 Å². The number of alkyl halides is 3. The van der Waals surface area contributed by atoms with Crippen LogP contribution in [-0.2, 0) is 6.18 Å². The molecule has 0 bridgehead atoms. The van der Waals surface area contributed by atoms with Crippen LogP contribution >= 0.6 is 28.3 Å². The Balaban J connectivity index is 0.00000225. The summed E-state index contributed by atoms with van der Waals surface area (Å²) in [5.41, 5.74) is 4.42. The third kappa shape index (κ3) is 4.19. The van der Waals surface area contributed by atoms with Gasteiger partial charge in [-0.25, -0.2) is 0 Å². The average Bonchev–Trinajstić information content (AvgIpc) is 2.15. The Hall–Kier alpha value is -0.460. The summed E-state index contributed by atoms with van der Waals surface area (Å²) >= 11 is 2.83. The highest BCUT2D eigenvalue weighted by Crippen LogP contribution is 2.36. The fraction of sp³-hybridized carbons (Fsp3) is 0.333. The highest BCUT2D eigenvalue weighted by Gasteiger charge is 2.33. The second-order valence-electron chi connectivity index (χ2n) is 2.78. The summed E-state index contributed by atoms with van der Waals surface area (Å²) < 4.78 is 42.3. The van der Waals surface area contributed by atoms with Gasteiger partial charge >= 0.3 is 6.18 Å². The molecule has 0 saturated carbocycles. The molecule has 0 aliphatic carbocycles. The van der Waals surface area contributed by atoms with E-state index in [0.717, 1.165) is 6.07 Å². The van der Waals surface area contributed by atoms with E-state index in [0.29, 0.717) is 0 Å². The molecule has 0 amide bonds. The molecule has 16 heavy (non-hydrogen) atoms. The van der Waals surface area contributed by atoms with Gasteiger partial charge in [0.1, 0.15) is 12.4 Å². The van der Waals surface area contributed by atoms with E-state index in [-0.39, 0.29) is 35.8 Å². The lowest BCUT2D eigenvalue weighted by atomic mass is 10.2. The molecule has 0 saturated heterocycles. The topological polar surface area (TPSA) is 35.2 Å². The maximum Gasteiger partial charge on any atom is 0.417 e. The van der Waals surface area contributed by atoms with Gasteiger partial charge in [0.05, 0.1) is 5.56 Å². The molecule has 0 unspecified atom stereocenters. The zero-order valence-electron chi connectivity index (χ0n) is 8.05. The van der Waals surface area contributed by atoms with Crippen LogP contribution in [0.4, 0.5) is 13.2 Å². The number of benzene rings is 1. The maximum absolute atomic E-state index is 12.4. The molecule has 1 rings (SSSR count). The molecule has 0 fully saturated rings. The standard InChI is InChI=1S/C9H9BrF3NO.ClH/c10-8-2-1-6(15-4-3-14)5-7(8)9(11,12)13;/h1-2,5H,3-4,14H2;1H. The average molecular weight is 321 g/mol. The zero-order valence-corrected chi connectivity index (χ0v) is 10.5. The van der Waals surface area contributed by atoms with E-state index in [1.165, 1.54) is 12.1 Å². The first-order valence-electron chi connectivity index (χ1n) is 4.15. The van der Waals surface area contributed by atoms with Crippen LogP contribution in [0.5, 0.6) is 5.75 Å². The lowest BCUT2D eigenvalue weighted by Gasteiger charge is -2.11. The molecular weight excluding hydrogens is 310 g/mol. The van der Waals surface area contributed by atoms with Crippen LogP contribution in [-0.4, -0.2) is 13.2 Å². The number of nitrogens with two attached hydrogens (primary N) is 1. The van der Waals surface area contributed by atoms with Crippen molar-refractivity contribution in [3.05, 3.63) is 28.2 Å². The first-order chi connectivity index (χ1) is 6.95. The van der Waals surface area contributed by atoms with Gasteiger partial charge in [-0.2, -0.15) is 13.2 Å². The fourth-order valence-corrected chi connectivity index (χ4v) is 1.46. The minimum atomic E-state index is -4.39. The van der Waals surface area contributed by atoms with Crippen LogP contribution in [0.1, 0.15) is 5.56 Å². The minimum absolute atomic E-state index is 0. The Morgan fingerprint density at radius 1 is 1.31 bits per heavy atom. The smallest absolute Gasteiger partial charge is 0.417 e. The molecule has 7 heteroatoms. The first-order valence-corrected chi connectivity index (χ1v) is 4.94. The molecule has 0 aliphatic heterocycles. The van der Waals surface area contributed by atoms with Gasteiger partial charge in [-0.3, -0.25) is 0 Å². The molecule has 0 heterocycles. The molecular formula is C9H10BrClF3NO. The van der Waals surface area contributed by atoms with E-state index in [4.69, 9.17) is 10.5 Å². The molecule has 0 aromatic heterocycles. The van der Waals surface area contributed by atoms with Crippen LogP contribution < -0.4 is 10.5 Å². The number of hydrogen-bond donors (Lipinski definition) is 1. The third-order valence-corrected chi connectivity index (χ3v) is 2.32. The second-order valence-corrected chi connectivity index (χ2v) is 3.63. The molecule has 1 aromatic carbocycles. The summed E-state index contributed by atoms with van der Waals surface area (Å²) in [5, 5.41) is 0. The fourth-order valence-electron chi connectivity index (χ4n) is 0.988. The number of hydrogen-bond acceptors (Lipinski definition) is 2. The normalized spacial score (nSPS) is 10.8. The van der Waals surface area contributed by atoms with Crippen molar-refractivity contribution in [3.8, 4) is 5.75 Å². The number of halogens is 5. The molecule has 0 radical (unpaired) electrons. The number of rotatable bonds is 3. The van der Waals surface area contributed by atoms with E-state index in [9.17, 15) is 13.2 Å². The monoisotopic (exact) mass is 319 g/mol. The zero-order chi connectivity index (χ0) is 11.5. The van der Waals surface area contributed by atoms with E-state index < -0.39 is 11.7 Å². The van der Waals surface area contributed by atoms with Gasteiger partial charge in [-0.05, 0) is 18.2 Å². The Kier molecular flexibility index (Phi) is 6.14. The van der Waals surface area contributed by atoms with Crippen molar-refractivity contribution in [2.75, 3.05) is 13.2 Å². The lowest BCUT2D eigenvalue weighted by Crippen LogP contribution is -2.11. The van der Waals surface area contributed by atoms with Gasteiger partial charge < -0.3 is 10.5 Å². The molecule has 0 spiro atoms. The summed E-state index contributed by atoms with van der Waals surface area (Å²) in [6.07, 6.45) is -4.39. The SMILES string of the molecule is Cl.NCCOc1ccc(Br)c(C(F)(F)F)c1.